The second kappa shape index (κ2) is 9.56. The van der Waals surface area contributed by atoms with E-state index in [2.05, 4.69) is 26.5 Å². The van der Waals surface area contributed by atoms with E-state index < -0.39 is 22.5 Å². The van der Waals surface area contributed by atoms with Crippen molar-refractivity contribution in [3.05, 3.63) is 52.5 Å². The number of hydrazone groups is 1. The number of benzene rings is 2. The molecule has 0 saturated carbocycles. The minimum absolute atomic E-state index is 0.393. The Morgan fingerprint density at radius 1 is 1.21 bits per heavy atom. The third kappa shape index (κ3) is 5.70. The molecular weight excluding hydrogens is 450 g/mol. The van der Waals surface area contributed by atoms with Gasteiger partial charge in [-0.3, -0.25) is 9.10 Å². The highest BCUT2D eigenvalue weighted by molar-refractivity contribution is 9.10. The first kappa shape index (κ1) is 21.7. The summed E-state index contributed by atoms with van der Waals surface area (Å²) < 4.78 is 36.2. The Balaban J connectivity index is 2.10. The van der Waals surface area contributed by atoms with Crippen molar-refractivity contribution >= 4 is 43.8 Å². The Morgan fingerprint density at radius 3 is 2.46 bits per heavy atom. The van der Waals surface area contributed by atoms with Crippen LogP contribution in [0.2, 0.25) is 0 Å². The number of anilines is 1. The first-order chi connectivity index (χ1) is 13.3. The number of hydrogen-bond acceptors (Lipinski definition) is 6. The van der Waals surface area contributed by atoms with E-state index in [1.807, 2.05) is 0 Å². The zero-order valence-corrected chi connectivity index (χ0v) is 18.0. The van der Waals surface area contributed by atoms with Crippen LogP contribution >= 0.6 is 15.9 Å². The van der Waals surface area contributed by atoms with Crippen LogP contribution in [0.3, 0.4) is 0 Å². The Morgan fingerprint density at radius 2 is 1.89 bits per heavy atom. The maximum absolute atomic E-state index is 12.2. The highest BCUT2D eigenvalue weighted by atomic mass is 79.9. The van der Waals surface area contributed by atoms with Gasteiger partial charge in [-0.25, -0.2) is 13.8 Å². The molecule has 1 N–H and O–H groups in total. The van der Waals surface area contributed by atoms with Crippen LogP contribution in [0, 0.1) is 0 Å². The van der Waals surface area contributed by atoms with Crippen molar-refractivity contribution in [1.29, 1.82) is 0 Å². The van der Waals surface area contributed by atoms with E-state index >= 15 is 0 Å². The number of rotatable bonds is 8. The van der Waals surface area contributed by atoms with E-state index in [0.29, 0.717) is 27.2 Å². The zero-order valence-electron chi connectivity index (χ0n) is 15.5. The summed E-state index contributed by atoms with van der Waals surface area (Å²) in [7, 11) is -0.594. The van der Waals surface area contributed by atoms with Crippen LogP contribution in [0.4, 0.5) is 5.69 Å². The van der Waals surface area contributed by atoms with Gasteiger partial charge < -0.3 is 9.47 Å². The molecule has 0 unspecified atom stereocenters. The molecule has 0 fully saturated rings. The Hall–Kier alpha value is -2.59. The molecule has 2 aromatic rings. The van der Waals surface area contributed by atoms with E-state index in [9.17, 15) is 13.2 Å². The second-order valence-corrected chi connectivity index (χ2v) is 8.40. The summed E-state index contributed by atoms with van der Waals surface area (Å²) in [6, 6.07) is 11.8. The van der Waals surface area contributed by atoms with E-state index in [4.69, 9.17) is 9.47 Å². The topological polar surface area (TPSA) is 97.3 Å². The number of methoxy groups -OCH3 is 2. The number of hydrogen-bond donors (Lipinski definition) is 1. The van der Waals surface area contributed by atoms with E-state index in [1.165, 1.54) is 20.4 Å². The Labute approximate surface area is 172 Å². The van der Waals surface area contributed by atoms with Gasteiger partial charge in [0.1, 0.15) is 6.54 Å². The van der Waals surface area contributed by atoms with Gasteiger partial charge in [-0.2, -0.15) is 5.10 Å². The molecule has 0 radical (unpaired) electrons. The number of sulfonamides is 1. The lowest BCUT2D eigenvalue weighted by atomic mass is 10.2. The summed E-state index contributed by atoms with van der Waals surface area (Å²) in [5.74, 6) is 0.456. The predicted octanol–water partition coefficient (Wildman–Crippen LogP) is 2.38. The van der Waals surface area contributed by atoms with E-state index in [1.54, 1.807) is 42.5 Å². The monoisotopic (exact) mass is 469 g/mol. The summed E-state index contributed by atoms with van der Waals surface area (Å²) in [6.45, 7) is -0.393. The maximum atomic E-state index is 12.2. The van der Waals surface area contributed by atoms with Crippen molar-refractivity contribution in [3.63, 3.8) is 0 Å². The highest BCUT2D eigenvalue weighted by Gasteiger charge is 2.20. The molecule has 2 rings (SSSR count). The molecule has 0 aliphatic heterocycles. The fraction of sp³-hybridized carbons (Fsp3) is 0.222. The standard InChI is InChI=1S/C18H20BrN3O5S/c1-26-16-10-13(9-15(19)18(16)27-2)11-20-21-17(23)12-22(28(3,24)25)14-7-5-4-6-8-14/h4-11H,12H2,1-3H3,(H,21,23)/b20-11-. The number of nitrogens with one attached hydrogen (secondary N) is 1. The number of para-hydroxylation sites is 1. The Bertz CT molecular complexity index is 965. The molecule has 10 heteroatoms. The van der Waals surface area contributed by atoms with Gasteiger partial charge in [0.25, 0.3) is 5.91 Å². The third-order valence-electron chi connectivity index (χ3n) is 3.59. The van der Waals surface area contributed by atoms with Gasteiger partial charge in [0, 0.05) is 0 Å². The third-order valence-corrected chi connectivity index (χ3v) is 5.32. The number of carbonyl (C=O) groups is 1. The number of nitrogens with zero attached hydrogens (tertiary/aromatic N) is 2. The summed E-state index contributed by atoms with van der Waals surface area (Å²) in [5.41, 5.74) is 3.37. The quantitative estimate of drug-likeness (QED) is 0.472. The fourth-order valence-electron chi connectivity index (χ4n) is 2.35. The molecule has 0 bridgehead atoms. The van der Waals surface area contributed by atoms with Crippen molar-refractivity contribution < 1.29 is 22.7 Å². The van der Waals surface area contributed by atoms with Crippen LogP contribution in [0.25, 0.3) is 0 Å². The summed E-state index contributed by atoms with van der Waals surface area (Å²) in [5, 5.41) is 3.88. The predicted molar refractivity (Wildman–Crippen MR) is 112 cm³/mol. The molecule has 0 atom stereocenters. The first-order valence-corrected chi connectivity index (χ1v) is 10.7. The molecule has 0 aromatic heterocycles. The number of ether oxygens (including phenoxy) is 2. The maximum Gasteiger partial charge on any atom is 0.260 e. The first-order valence-electron chi connectivity index (χ1n) is 8.02. The summed E-state index contributed by atoms with van der Waals surface area (Å²) in [4.78, 5) is 12.2. The lowest BCUT2D eigenvalue weighted by Gasteiger charge is -2.21. The van der Waals surface area contributed by atoms with Crippen molar-refractivity contribution in [2.45, 2.75) is 0 Å². The van der Waals surface area contributed by atoms with Crippen LogP contribution in [0.5, 0.6) is 11.5 Å². The second-order valence-electron chi connectivity index (χ2n) is 5.64. The molecule has 1 amide bonds. The molecule has 0 spiro atoms. The van der Waals surface area contributed by atoms with E-state index in [-0.39, 0.29) is 0 Å². The number of amides is 1. The summed E-state index contributed by atoms with van der Waals surface area (Å²) in [6.07, 6.45) is 2.45. The molecule has 150 valence electrons. The average Bonchev–Trinajstić information content (AvgIpc) is 2.65. The van der Waals surface area contributed by atoms with Gasteiger partial charge in [0.2, 0.25) is 10.0 Å². The van der Waals surface area contributed by atoms with Gasteiger partial charge in [-0.15, -0.1) is 0 Å². The van der Waals surface area contributed by atoms with Gasteiger partial charge in [0.05, 0.1) is 36.9 Å². The minimum atomic E-state index is -3.63. The smallest absolute Gasteiger partial charge is 0.260 e. The molecular formula is C18H20BrN3O5S. The van der Waals surface area contributed by atoms with Crippen LogP contribution < -0.4 is 19.2 Å². The van der Waals surface area contributed by atoms with Crippen LogP contribution in [0.1, 0.15) is 5.56 Å². The van der Waals surface area contributed by atoms with Gasteiger partial charge in [-0.1, -0.05) is 18.2 Å². The normalized spacial score (nSPS) is 11.3. The van der Waals surface area contributed by atoms with Crippen LogP contribution in [0.15, 0.2) is 52.0 Å². The van der Waals surface area contributed by atoms with Gasteiger partial charge >= 0.3 is 0 Å². The molecule has 28 heavy (non-hydrogen) atoms. The molecule has 0 heterocycles. The van der Waals surface area contributed by atoms with Crippen LogP contribution in [-0.2, 0) is 14.8 Å². The largest absolute Gasteiger partial charge is 0.493 e. The minimum Gasteiger partial charge on any atom is -0.493 e. The summed E-state index contributed by atoms with van der Waals surface area (Å²) >= 11 is 3.37. The molecule has 0 aliphatic rings. The fourth-order valence-corrected chi connectivity index (χ4v) is 3.83. The molecule has 2 aromatic carbocycles. The lowest BCUT2D eigenvalue weighted by Crippen LogP contribution is -2.38. The average molecular weight is 470 g/mol. The highest BCUT2D eigenvalue weighted by Crippen LogP contribution is 2.35. The van der Waals surface area contributed by atoms with Crippen molar-refractivity contribution in [1.82, 2.24) is 5.43 Å². The Kier molecular flexibility index (Phi) is 7.41. The molecule has 0 aliphatic carbocycles. The van der Waals surface area contributed by atoms with Crippen LogP contribution in [-0.4, -0.2) is 47.6 Å². The van der Waals surface area contributed by atoms with Crippen molar-refractivity contribution in [2.75, 3.05) is 31.3 Å². The molecule has 0 saturated heterocycles. The van der Waals surface area contributed by atoms with Crippen molar-refractivity contribution in [3.8, 4) is 11.5 Å². The number of carbonyl (C=O) groups excluding carboxylic acids is 1. The van der Waals surface area contributed by atoms with E-state index in [0.717, 1.165) is 10.6 Å². The molecule has 8 nitrogen and oxygen atoms in total. The lowest BCUT2D eigenvalue weighted by molar-refractivity contribution is -0.119. The zero-order chi connectivity index (χ0) is 20.7. The van der Waals surface area contributed by atoms with Gasteiger partial charge in [0.15, 0.2) is 11.5 Å². The number of halogens is 1. The van der Waals surface area contributed by atoms with Gasteiger partial charge in [-0.05, 0) is 45.8 Å². The van der Waals surface area contributed by atoms with Crippen molar-refractivity contribution in [2.24, 2.45) is 5.10 Å². The SMILES string of the molecule is COc1cc(/C=N\NC(=O)CN(c2ccccc2)S(C)(=O)=O)cc(Br)c1OC.